The third kappa shape index (κ3) is 2.73. The van der Waals surface area contributed by atoms with E-state index in [9.17, 15) is 4.39 Å². The summed E-state index contributed by atoms with van der Waals surface area (Å²) in [4.78, 5) is 2.16. The highest BCUT2D eigenvalue weighted by molar-refractivity contribution is 5.28. The number of likely N-dealkylation sites (N-methyl/N-ethyl adjacent to an activating group) is 1. The van der Waals surface area contributed by atoms with Crippen molar-refractivity contribution in [2.24, 2.45) is 5.73 Å². The van der Waals surface area contributed by atoms with Crippen molar-refractivity contribution in [2.75, 3.05) is 20.6 Å². The van der Waals surface area contributed by atoms with E-state index in [4.69, 9.17) is 5.73 Å². The molecule has 0 aromatic heterocycles. The molecule has 1 aliphatic carbocycles. The predicted molar refractivity (Wildman–Crippen MR) is 73.1 cm³/mol. The number of rotatable bonds is 3. The Morgan fingerprint density at radius 1 is 1.28 bits per heavy atom. The molecule has 1 aromatic rings. The highest BCUT2D eigenvalue weighted by atomic mass is 19.1. The van der Waals surface area contributed by atoms with Crippen LogP contribution in [0.5, 0.6) is 0 Å². The van der Waals surface area contributed by atoms with Crippen molar-refractivity contribution < 1.29 is 4.39 Å². The molecule has 0 unspecified atom stereocenters. The molecule has 0 spiro atoms. The summed E-state index contributed by atoms with van der Waals surface area (Å²) in [5.74, 6) is -0.0742. The molecule has 1 aromatic carbocycles. The molecule has 3 heteroatoms. The van der Waals surface area contributed by atoms with Gasteiger partial charge in [-0.2, -0.15) is 0 Å². The van der Waals surface area contributed by atoms with Crippen molar-refractivity contribution in [1.29, 1.82) is 0 Å². The lowest BCUT2D eigenvalue weighted by atomic mass is 9.68. The van der Waals surface area contributed by atoms with Gasteiger partial charge in [0.2, 0.25) is 0 Å². The second-order valence-corrected chi connectivity index (χ2v) is 5.84. The van der Waals surface area contributed by atoms with E-state index in [2.05, 4.69) is 19.0 Å². The van der Waals surface area contributed by atoms with Gasteiger partial charge in [0.05, 0.1) is 0 Å². The molecule has 0 aliphatic heterocycles. The molecule has 2 rings (SSSR count). The molecular formula is C15H23FN2. The summed E-state index contributed by atoms with van der Waals surface area (Å²) < 4.78 is 14.1. The molecule has 0 amide bonds. The Bertz CT molecular complexity index is 395. The average Bonchev–Trinajstić information content (AvgIpc) is 2.32. The summed E-state index contributed by atoms with van der Waals surface area (Å²) in [6, 6.07) is 7.49. The van der Waals surface area contributed by atoms with Gasteiger partial charge in [-0.15, -0.1) is 0 Å². The fourth-order valence-electron chi connectivity index (χ4n) is 3.20. The Kier molecular flexibility index (Phi) is 4.03. The van der Waals surface area contributed by atoms with E-state index in [1.807, 2.05) is 12.1 Å². The fraction of sp³-hybridized carbons (Fsp3) is 0.600. The number of halogens is 1. The van der Waals surface area contributed by atoms with Gasteiger partial charge in [-0.3, -0.25) is 0 Å². The van der Waals surface area contributed by atoms with Crippen LogP contribution in [0.2, 0.25) is 0 Å². The Hall–Kier alpha value is -0.930. The smallest absolute Gasteiger partial charge is 0.127 e. The molecule has 0 atom stereocenters. The third-order valence-corrected chi connectivity index (χ3v) is 4.05. The quantitative estimate of drug-likeness (QED) is 0.893. The molecule has 0 bridgehead atoms. The number of hydrogen-bond donors (Lipinski definition) is 1. The highest BCUT2D eigenvalue weighted by Crippen LogP contribution is 2.40. The van der Waals surface area contributed by atoms with Crippen LogP contribution < -0.4 is 5.73 Å². The molecule has 2 nitrogen and oxygen atoms in total. The summed E-state index contributed by atoms with van der Waals surface area (Å²) >= 11 is 0. The maximum Gasteiger partial charge on any atom is 0.127 e. The van der Waals surface area contributed by atoms with Gasteiger partial charge in [0, 0.05) is 18.0 Å². The van der Waals surface area contributed by atoms with Crippen LogP contribution in [0.25, 0.3) is 0 Å². The molecule has 1 saturated carbocycles. The molecule has 1 fully saturated rings. The number of benzene rings is 1. The Balaban J connectivity index is 2.33. The van der Waals surface area contributed by atoms with Gasteiger partial charge < -0.3 is 10.6 Å². The van der Waals surface area contributed by atoms with Crippen LogP contribution in [0.3, 0.4) is 0 Å². The lowest BCUT2D eigenvalue weighted by Gasteiger charge is -2.41. The lowest BCUT2D eigenvalue weighted by Crippen LogP contribution is -2.44. The molecule has 0 radical (unpaired) electrons. The molecule has 18 heavy (non-hydrogen) atoms. The Labute approximate surface area is 109 Å². The molecular weight excluding hydrogens is 227 g/mol. The minimum atomic E-state index is -0.0742. The summed E-state index contributed by atoms with van der Waals surface area (Å²) in [6.45, 7) is 0.890. The van der Waals surface area contributed by atoms with Crippen molar-refractivity contribution in [3.63, 3.8) is 0 Å². The van der Waals surface area contributed by atoms with Crippen LogP contribution in [0.1, 0.15) is 31.2 Å². The van der Waals surface area contributed by atoms with Crippen LogP contribution in [-0.2, 0) is 5.41 Å². The van der Waals surface area contributed by atoms with Crippen molar-refractivity contribution >= 4 is 0 Å². The SMILES string of the molecule is CN(C)CC1(c2ccccc2F)CCC(N)CC1. The first-order chi connectivity index (χ1) is 8.53. The molecule has 0 heterocycles. The van der Waals surface area contributed by atoms with Crippen LogP contribution in [0.15, 0.2) is 24.3 Å². The summed E-state index contributed by atoms with van der Waals surface area (Å²) in [5, 5.41) is 0. The maximum atomic E-state index is 14.1. The van der Waals surface area contributed by atoms with E-state index >= 15 is 0 Å². The van der Waals surface area contributed by atoms with E-state index in [1.165, 1.54) is 0 Å². The topological polar surface area (TPSA) is 29.3 Å². The minimum Gasteiger partial charge on any atom is -0.328 e. The summed E-state index contributed by atoms with van der Waals surface area (Å²) in [7, 11) is 4.11. The lowest BCUT2D eigenvalue weighted by molar-refractivity contribution is 0.199. The predicted octanol–water partition coefficient (Wildman–Crippen LogP) is 2.53. The zero-order chi connectivity index (χ0) is 13.2. The fourth-order valence-corrected chi connectivity index (χ4v) is 3.20. The minimum absolute atomic E-state index is 0.0648. The number of hydrogen-bond acceptors (Lipinski definition) is 2. The first kappa shape index (κ1) is 13.5. The van der Waals surface area contributed by atoms with Crippen LogP contribution in [0.4, 0.5) is 4.39 Å². The molecule has 100 valence electrons. The zero-order valence-corrected chi connectivity index (χ0v) is 11.3. The van der Waals surface area contributed by atoms with Gasteiger partial charge in [-0.25, -0.2) is 4.39 Å². The highest BCUT2D eigenvalue weighted by Gasteiger charge is 2.38. The second-order valence-electron chi connectivity index (χ2n) is 5.84. The van der Waals surface area contributed by atoms with Gasteiger partial charge in [0.25, 0.3) is 0 Å². The molecule has 2 N–H and O–H groups in total. The van der Waals surface area contributed by atoms with Crippen LogP contribution >= 0.6 is 0 Å². The standard InChI is InChI=1S/C15H23FN2/c1-18(2)11-15(9-7-12(17)8-10-15)13-5-3-4-6-14(13)16/h3-6,12H,7-11,17H2,1-2H3. The Morgan fingerprint density at radius 2 is 1.89 bits per heavy atom. The normalized spacial score (nSPS) is 28.6. The Morgan fingerprint density at radius 3 is 2.44 bits per heavy atom. The van der Waals surface area contributed by atoms with Gasteiger partial charge in [0.15, 0.2) is 0 Å². The molecule has 0 saturated heterocycles. The zero-order valence-electron chi connectivity index (χ0n) is 11.3. The van der Waals surface area contributed by atoms with Gasteiger partial charge >= 0.3 is 0 Å². The molecule has 1 aliphatic rings. The van der Waals surface area contributed by atoms with Crippen LogP contribution in [-0.4, -0.2) is 31.6 Å². The third-order valence-electron chi connectivity index (χ3n) is 4.05. The van der Waals surface area contributed by atoms with E-state index in [-0.39, 0.29) is 17.3 Å². The van der Waals surface area contributed by atoms with Gasteiger partial charge in [-0.05, 0) is 51.4 Å². The number of nitrogens with two attached hydrogens (primary N) is 1. The average molecular weight is 250 g/mol. The first-order valence-electron chi connectivity index (χ1n) is 6.69. The van der Waals surface area contributed by atoms with Crippen molar-refractivity contribution in [2.45, 2.75) is 37.1 Å². The van der Waals surface area contributed by atoms with Crippen LogP contribution in [0, 0.1) is 5.82 Å². The van der Waals surface area contributed by atoms with E-state index < -0.39 is 0 Å². The van der Waals surface area contributed by atoms with Gasteiger partial charge in [0.1, 0.15) is 5.82 Å². The van der Waals surface area contributed by atoms with E-state index in [0.29, 0.717) is 0 Å². The first-order valence-corrected chi connectivity index (χ1v) is 6.69. The largest absolute Gasteiger partial charge is 0.328 e. The van der Waals surface area contributed by atoms with Crippen molar-refractivity contribution in [1.82, 2.24) is 4.90 Å². The maximum absolute atomic E-state index is 14.1. The van der Waals surface area contributed by atoms with Crippen molar-refractivity contribution in [3.8, 4) is 0 Å². The second kappa shape index (κ2) is 5.37. The summed E-state index contributed by atoms with van der Waals surface area (Å²) in [6.07, 6.45) is 3.94. The van der Waals surface area contributed by atoms with E-state index in [1.54, 1.807) is 12.1 Å². The van der Waals surface area contributed by atoms with E-state index in [0.717, 1.165) is 37.8 Å². The number of nitrogens with zero attached hydrogens (tertiary/aromatic N) is 1. The van der Waals surface area contributed by atoms with Gasteiger partial charge in [-0.1, -0.05) is 18.2 Å². The van der Waals surface area contributed by atoms with Crippen molar-refractivity contribution in [3.05, 3.63) is 35.6 Å². The summed E-state index contributed by atoms with van der Waals surface area (Å²) in [5.41, 5.74) is 6.80. The monoisotopic (exact) mass is 250 g/mol.